The molecule has 0 aromatic heterocycles. The van der Waals surface area contributed by atoms with Crippen LogP contribution >= 0.6 is 0 Å². The fourth-order valence-corrected chi connectivity index (χ4v) is 1.21. The Balaban J connectivity index is 3.93. The highest BCUT2D eigenvalue weighted by molar-refractivity contribution is 5.81. The van der Waals surface area contributed by atoms with Gasteiger partial charge in [0, 0.05) is 6.04 Å². The predicted octanol–water partition coefficient (Wildman–Crippen LogP) is 0.245. The van der Waals surface area contributed by atoms with Gasteiger partial charge in [-0.05, 0) is 26.2 Å². The van der Waals surface area contributed by atoms with Crippen molar-refractivity contribution in [3.63, 3.8) is 0 Å². The van der Waals surface area contributed by atoms with E-state index < -0.39 is 12.1 Å². The molecule has 0 saturated heterocycles. The Morgan fingerprint density at radius 3 is 2.21 bits per heavy atom. The summed E-state index contributed by atoms with van der Waals surface area (Å²) in [5.74, 6) is -0.0121. The van der Waals surface area contributed by atoms with E-state index >= 15 is 0 Å². The summed E-state index contributed by atoms with van der Waals surface area (Å²) in [6.45, 7) is 7.37. The second-order valence-electron chi connectivity index (χ2n) is 4.26. The molecule has 0 heterocycles. The summed E-state index contributed by atoms with van der Waals surface area (Å²) in [4.78, 5) is 11.5. The molecule has 0 spiro atoms. The summed E-state index contributed by atoms with van der Waals surface area (Å²) < 4.78 is 0. The SMILES string of the molecule is CC(O)CC(C)NC(=O)C(N)C(C)C. The van der Waals surface area contributed by atoms with Crippen LogP contribution in [0, 0.1) is 5.92 Å². The summed E-state index contributed by atoms with van der Waals surface area (Å²) in [5.41, 5.74) is 5.66. The van der Waals surface area contributed by atoms with Crippen LogP contribution < -0.4 is 11.1 Å². The number of hydrogen-bond acceptors (Lipinski definition) is 3. The van der Waals surface area contributed by atoms with Crippen molar-refractivity contribution in [3.05, 3.63) is 0 Å². The summed E-state index contributed by atoms with van der Waals surface area (Å²) in [6, 6.07) is -0.501. The quantitative estimate of drug-likeness (QED) is 0.598. The lowest BCUT2D eigenvalue weighted by Crippen LogP contribution is -2.47. The lowest BCUT2D eigenvalue weighted by molar-refractivity contribution is -0.124. The summed E-state index contributed by atoms with van der Waals surface area (Å²) in [6.07, 6.45) is 0.150. The third-order valence-electron chi connectivity index (χ3n) is 2.10. The van der Waals surface area contributed by atoms with Gasteiger partial charge in [-0.1, -0.05) is 13.8 Å². The second kappa shape index (κ2) is 5.98. The number of carbonyl (C=O) groups excluding carboxylic acids is 1. The van der Waals surface area contributed by atoms with Crippen molar-refractivity contribution in [1.82, 2.24) is 5.32 Å². The van der Waals surface area contributed by atoms with Crippen molar-refractivity contribution in [3.8, 4) is 0 Å². The fraction of sp³-hybridized carbons (Fsp3) is 0.900. The largest absolute Gasteiger partial charge is 0.393 e. The fourth-order valence-electron chi connectivity index (χ4n) is 1.21. The first kappa shape index (κ1) is 13.4. The van der Waals surface area contributed by atoms with E-state index in [4.69, 9.17) is 10.8 Å². The molecule has 0 saturated carbocycles. The Morgan fingerprint density at radius 1 is 1.36 bits per heavy atom. The van der Waals surface area contributed by atoms with Crippen LogP contribution in [0.4, 0.5) is 0 Å². The number of nitrogens with one attached hydrogen (secondary N) is 1. The van der Waals surface area contributed by atoms with Crippen molar-refractivity contribution in [2.45, 2.75) is 52.3 Å². The number of aliphatic hydroxyl groups excluding tert-OH is 1. The molecule has 84 valence electrons. The van der Waals surface area contributed by atoms with Crippen LogP contribution in [0.3, 0.4) is 0 Å². The lowest BCUT2D eigenvalue weighted by Gasteiger charge is -2.20. The highest BCUT2D eigenvalue weighted by atomic mass is 16.3. The second-order valence-corrected chi connectivity index (χ2v) is 4.26. The van der Waals surface area contributed by atoms with Gasteiger partial charge in [-0.3, -0.25) is 4.79 Å². The van der Waals surface area contributed by atoms with Gasteiger partial charge in [-0.25, -0.2) is 0 Å². The third-order valence-corrected chi connectivity index (χ3v) is 2.10. The Labute approximate surface area is 85.9 Å². The van der Waals surface area contributed by atoms with Gasteiger partial charge < -0.3 is 16.2 Å². The zero-order valence-electron chi connectivity index (χ0n) is 9.45. The maximum absolute atomic E-state index is 11.5. The van der Waals surface area contributed by atoms with Crippen molar-refractivity contribution in [2.75, 3.05) is 0 Å². The van der Waals surface area contributed by atoms with Gasteiger partial charge in [0.15, 0.2) is 0 Å². The van der Waals surface area contributed by atoms with Crippen molar-refractivity contribution in [2.24, 2.45) is 11.7 Å². The molecule has 0 bridgehead atoms. The standard InChI is InChI=1S/C10H22N2O2/c1-6(2)9(11)10(14)12-7(3)5-8(4)13/h6-9,13H,5,11H2,1-4H3,(H,12,14). The number of nitrogens with two attached hydrogens (primary N) is 1. The Bertz CT molecular complexity index is 181. The molecule has 4 nitrogen and oxygen atoms in total. The number of aliphatic hydroxyl groups is 1. The first-order valence-corrected chi connectivity index (χ1v) is 5.08. The smallest absolute Gasteiger partial charge is 0.237 e. The molecular weight excluding hydrogens is 180 g/mol. The maximum atomic E-state index is 11.5. The average Bonchev–Trinajstić information content (AvgIpc) is 2.00. The monoisotopic (exact) mass is 202 g/mol. The van der Waals surface area contributed by atoms with Gasteiger partial charge in [-0.15, -0.1) is 0 Å². The van der Waals surface area contributed by atoms with Crippen molar-refractivity contribution < 1.29 is 9.90 Å². The number of amides is 1. The highest BCUT2D eigenvalue weighted by Crippen LogP contribution is 2.01. The molecule has 3 atom stereocenters. The first-order valence-electron chi connectivity index (χ1n) is 5.08. The Morgan fingerprint density at radius 2 is 1.86 bits per heavy atom. The van der Waals surface area contributed by atoms with E-state index in [9.17, 15) is 4.79 Å². The average molecular weight is 202 g/mol. The topological polar surface area (TPSA) is 75.3 Å². The van der Waals surface area contributed by atoms with Crippen LogP contribution in [0.5, 0.6) is 0 Å². The van der Waals surface area contributed by atoms with Crippen LogP contribution in [0.25, 0.3) is 0 Å². The number of carbonyl (C=O) groups is 1. The van der Waals surface area contributed by atoms with E-state index in [1.165, 1.54) is 0 Å². The Hall–Kier alpha value is -0.610. The summed E-state index contributed by atoms with van der Waals surface area (Å²) in [5, 5.41) is 11.9. The molecule has 0 aliphatic carbocycles. The zero-order chi connectivity index (χ0) is 11.3. The molecule has 0 rings (SSSR count). The normalized spacial score (nSPS) is 17.6. The van der Waals surface area contributed by atoms with Gasteiger partial charge in [-0.2, -0.15) is 0 Å². The minimum atomic E-state index is -0.466. The van der Waals surface area contributed by atoms with Crippen LogP contribution in [0.15, 0.2) is 0 Å². The van der Waals surface area contributed by atoms with E-state index in [1.807, 2.05) is 20.8 Å². The molecule has 0 aromatic carbocycles. The molecule has 4 N–H and O–H groups in total. The van der Waals surface area contributed by atoms with Crippen LogP contribution in [0.1, 0.15) is 34.1 Å². The maximum Gasteiger partial charge on any atom is 0.237 e. The van der Waals surface area contributed by atoms with Gasteiger partial charge in [0.25, 0.3) is 0 Å². The van der Waals surface area contributed by atoms with Crippen LogP contribution in [0.2, 0.25) is 0 Å². The van der Waals surface area contributed by atoms with Gasteiger partial charge in [0.2, 0.25) is 5.91 Å². The zero-order valence-corrected chi connectivity index (χ0v) is 9.45. The molecule has 1 amide bonds. The minimum Gasteiger partial charge on any atom is -0.393 e. The molecular formula is C10H22N2O2. The van der Waals surface area contributed by atoms with E-state index in [2.05, 4.69) is 5.32 Å². The predicted molar refractivity (Wildman–Crippen MR) is 56.7 cm³/mol. The van der Waals surface area contributed by atoms with E-state index in [0.29, 0.717) is 6.42 Å². The lowest BCUT2D eigenvalue weighted by atomic mass is 10.0. The molecule has 0 radical (unpaired) electrons. The van der Waals surface area contributed by atoms with Crippen LogP contribution in [-0.4, -0.2) is 29.2 Å². The van der Waals surface area contributed by atoms with Gasteiger partial charge in [0.1, 0.15) is 0 Å². The van der Waals surface area contributed by atoms with Gasteiger partial charge in [0.05, 0.1) is 12.1 Å². The minimum absolute atomic E-state index is 0.0349. The Kier molecular flexibility index (Phi) is 5.72. The number of rotatable bonds is 5. The highest BCUT2D eigenvalue weighted by Gasteiger charge is 2.19. The molecule has 0 fully saturated rings. The molecule has 3 unspecified atom stereocenters. The molecule has 0 aliphatic heterocycles. The van der Waals surface area contributed by atoms with E-state index in [1.54, 1.807) is 6.92 Å². The molecule has 0 aliphatic rings. The van der Waals surface area contributed by atoms with Gasteiger partial charge >= 0.3 is 0 Å². The third kappa shape index (κ3) is 5.19. The van der Waals surface area contributed by atoms with Crippen molar-refractivity contribution >= 4 is 5.91 Å². The summed E-state index contributed by atoms with van der Waals surface area (Å²) >= 11 is 0. The first-order chi connectivity index (χ1) is 6.34. The van der Waals surface area contributed by atoms with E-state index in [0.717, 1.165) is 0 Å². The molecule has 14 heavy (non-hydrogen) atoms. The summed E-state index contributed by atoms with van der Waals surface area (Å²) in [7, 11) is 0. The van der Waals surface area contributed by atoms with Crippen LogP contribution in [-0.2, 0) is 4.79 Å². The molecule has 0 aromatic rings. The molecule has 4 heteroatoms. The number of hydrogen-bond donors (Lipinski definition) is 3. The van der Waals surface area contributed by atoms with Crippen molar-refractivity contribution in [1.29, 1.82) is 0 Å². The van der Waals surface area contributed by atoms with E-state index in [-0.39, 0.29) is 17.9 Å².